The summed E-state index contributed by atoms with van der Waals surface area (Å²) in [5, 5.41) is 5.51. The van der Waals surface area contributed by atoms with Crippen molar-refractivity contribution in [3.05, 3.63) is 24.3 Å². The van der Waals surface area contributed by atoms with Gasteiger partial charge in [0.05, 0.1) is 5.92 Å². The zero-order chi connectivity index (χ0) is 18.4. The predicted octanol–water partition coefficient (Wildman–Crippen LogP) is 1.71. The third-order valence-corrected chi connectivity index (χ3v) is 3.88. The van der Waals surface area contributed by atoms with Gasteiger partial charge in [-0.05, 0) is 30.2 Å². The highest BCUT2D eigenvalue weighted by Crippen LogP contribution is 2.21. The van der Waals surface area contributed by atoms with Crippen molar-refractivity contribution in [1.29, 1.82) is 0 Å². The number of amides is 3. The maximum atomic E-state index is 12.4. The van der Waals surface area contributed by atoms with E-state index in [2.05, 4.69) is 10.6 Å². The van der Waals surface area contributed by atoms with Crippen molar-refractivity contribution in [2.45, 2.75) is 20.3 Å². The Morgan fingerprint density at radius 2 is 1.80 bits per heavy atom. The molecule has 2 rings (SSSR count). The van der Waals surface area contributed by atoms with Gasteiger partial charge in [0.25, 0.3) is 0 Å². The van der Waals surface area contributed by atoms with Crippen LogP contribution in [0.15, 0.2) is 24.3 Å². The first kappa shape index (κ1) is 18.9. The zero-order valence-corrected chi connectivity index (χ0v) is 14.9. The summed E-state index contributed by atoms with van der Waals surface area (Å²) in [5.74, 6) is -0.311. The van der Waals surface area contributed by atoms with Crippen molar-refractivity contribution < 1.29 is 19.1 Å². The summed E-state index contributed by atoms with van der Waals surface area (Å²) in [6, 6.07) is 6.83. The molecule has 25 heavy (non-hydrogen) atoms. The largest absolute Gasteiger partial charge is 0.375 e. The van der Waals surface area contributed by atoms with Crippen molar-refractivity contribution >= 4 is 29.1 Å². The molecular formula is C18H25N3O4. The maximum Gasteiger partial charge on any atom is 0.250 e. The van der Waals surface area contributed by atoms with Crippen molar-refractivity contribution in [2.24, 2.45) is 11.8 Å². The topological polar surface area (TPSA) is 87.7 Å². The van der Waals surface area contributed by atoms with Crippen LogP contribution in [0, 0.1) is 11.8 Å². The number of benzene rings is 1. The van der Waals surface area contributed by atoms with Gasteiger partial charge in [-0.2, -0.15) is 0 Å². The Morgan fingerprint density at radius 1 is 1.20 bits per heavy atom. The lowest BCUT2D eigenvalue weighted by atomic mass is 10.1. The van der Waals surface area contributed by atoms with E-state index in [0.717, 1.165) is 0 Å². The van der Waals surface area contributed by atoms with E-state index in [1.165, 1.54) is 7.11 Å². The van der Waals surface area contributed by atoms with E-state index in [1.807, 2.05) is 13.8 Å². The van der Waals surface area contributed by atoms with Crippen LogP contribution in [0.4, 0.5) is 11.4 Å². The molecule has 2 N–H and O–H groups in total. The fraction of sp³-hybridized carbons (Fsp3) is 0.500. The van der Waals surface area contributed by atoms with E-state index in [1.54, 1.807) is 29.2 Å². The van der Waals surface area contributed by atoms with Gasteiger partial charge in [0, 0.05) is 38.0 Å². The predicted molar refractivity (Wildman–Crippen MR) is 95.1 cm³/mol. The summed E-state index contributed by atoms with van der Waals surface area (Å²) in [6.07, 6.45) is 0.254. The molecule has 0 bridgehead atoms. The van der Waals surface area contributed by atoms with Crippen LogP contribution < -0.4 is 10.6 Å². The Labute approximate surface area is 147 Å². The van der Waals surface area contributed by atoms with Gasteiger partial charge in [-0.3, -0.25) is 14.4 Å². The Morgan fingerprint density at radius 3 is 2.36 bits per heavy atom. The summed E-state index contributed by atoms with van der Waals surface area (Å²) in [6.45, 7) is 5.23. The van der Waals surface area contributed by atoms with E-state index < -0.39 is 0 Å². The number of rotatable bonds is 7. The van der Waals surface area contributed by atoms with Crippen LogP contribution in [0.2, 0.25) is 0 Å². The van der Waals surface area contributed by atoms with Gasteiger partial charge in [0.15, 0.2) is 0 Å². The van der Waals surface area contributed by atoms with Gasteiger partial charge in [0.1, 0.15) is 6.61 Å². The van der Waals surface area contributed by atoms with E-state index in [0.29, 0.717) is 30.4 Å². The van der Waals surface area contributed by atoms with Crippen molar-refractivity contribution in [1.82, 2.24) is 4.90 Å². The Kier molecular flexibility index (Phi) is 6.52. The molecule has 1 aromatic rings. The highest BCUT2D eigenvalue weighted by atomic mass is 16.5. The number of ether oxygens (including phenoxy) is 1. The fourth-order valence-corrected chi connectivity index (χ4v) is 2.77. The lowest BCUT2D eigenvalue weighted by molar-refractivity contribution is -0.128. The van der Waals surface area contributed by atoms with E-state index in [-0.39, 0.29) is 36.7 Å². The molecule has 0 saturated carbocycles. The number of likely N-dealkylation sites (tertiary alicyclic amines) is 1. The Bertz CT molecular complexity index is 628. The first-order valence-corrected chi connectivity index (χ1v) is 8.36. The van der Waals surface area contributed by atoms with Crippen LogP contribution >= 0.6 is 0 Å². The number of hydrogen-bond donors (Lipinski definition) is 2. The number of carbonyl (C=O) groups is 3. The summed E-state index contributed by atoms with van der Waals surface area (Å²) in [7, 11) is 1.45. The highest BCUT2D eigenvalue weighted by Gasteiger charge is 2.34. The number of nitrogens with zero attached hydrogens (tertiary/aromatic N) is 1. The Hall–Kier alpha value is -2.41. The smallest absolute Gasteiger partial charge is 0.250 e. The number of carbonyl (C=O) groups excluding carboxylic acids is 3. The molecule has 0 aromatic heterocycles. The zero-order valence-electron chi connectivity index (χ0n) is 14.9. The van der Waals surface area contributed by atoms with Gasteiger partial charge in [0.2, 0.25) is 17.7 Å². The van der Waals surface area contributed by atoms with Gasteiger partial charge in [-0.1, -0.05) is 13.8 Å². The van der Waals surface area contributed by atoms with E-state index >= 15 is 0 Å². The average molecular weight is 347 g/mol. The maximum absolute atomic E-state index is 12.4. The minimum Gasteiger partial charge on any atom is -0.375 e. The molecule has 1 fully saturated rings. The standard InChI is InChI=1S/C18H25N3O4/c1-12(2)9-21-10-13(8-17(21)23)18(24)20-15-6-4-14(5-7-15)19-16(22)11-25-3/h4-7,12-13H,8-11H2,1-3H3,(H,19,22)(H,20,24). The second-order valence-electron chi connectivity index (χ2n) is 6.64. The number of hydrogen-bond acceptors (Lipinski definition) is 4. The van der Waals surface area contributed by atoms with Crippen molar-refractivity contribution in [2.75, 3.05) is 37.4 Å². The third-order valence-electron chi connectivity index (χ3n) is 3.88. The minimum atomic E-state index is -0.327. The minimum absolute atomic E-state index is 0.0128. The normalized spacial score (nSPS) is 17.0. The van der Waals surface area contributed by atoms with Gasteiger partial charge >= 0.3 is 0 Å². The van der Waals surface area contributed by atoms with Crippen LogP contribution in [0.3, 0.4) is 0 Å². The highest BCUT2D eigenvalue weighted by molar-refractivity contribution is 5.97. The number of nitrogens with one attached hydrogen (secondary N) is 2. The average Bonchev–Trinajstić information content (AvgIpc) is 2.90. The molecule has 1 atom stereocenters. The second-order valence-corrected chi connectivity index (χ2v) is 6.64. The fourth-order valence-electron chi connectivity index (χ4n) is 2.77. The van der Waals surface area contributed by atoms with Crippen LogP contribution in [0.25, 0.3) is 0 Å². The molecule has 136 valence electrons. The lowest BCUT2D eigenvalue weighted by Crippen LogP contribution is -2.31. The molecule has 7 heteroatoms. The molecule has 1 heterocycles. The monoisotopic (exact) mass is 347 g/mol. The van der Waals surface area contributed by atoms with Crippen molar-refractivity contribution in [3.63, 3.8) is 0 Å². The molecule has 7 nitrogen and oxygen atoms in total. The second kappa shape index (κ2) is 8.62. The first-order valence-electron chi connectivity index (χ1n) is 8.36. The third kappa shape index (κ3) is 5.56. The van der Waals surface area contributed by atoms with Gasteiger partial charge < -0.3 is 20.3 Å². The molecule has 0 radical (unpaired) electrons. The van der Waals surface area contributed by atoms with Gasteiger partial charge in [-0.15, -0.1) is 0 Å². The Balaban J connectivity index is 1.88. The summed E-state index contributed by atoms with van der Waals surface area (Å²) in [4.78, 5) is 37.5. The summed E-state index contributed by atoms with van der Waals surface area (Å²) >= 11 is 0. The number of methoxy groups -OCH3 is 1. The molecule has 0 spiro atoms. The van der Waals surface area contributed by atoms with Crippen molar-refractivity contribution in [3.8, 4) is 0 Å². The summed E-state index contributed by atoms with van der Waals surface area (Å²) < 4.78 is 4.75. The van der Waals surface area contributed by atoms with Crippen LogP contribution in [-0.2, 0) is 19.1 Å². The molecule has 0 aliphatic carbocycles. The molecule has 1 aliphatic rings. The molecule has 1 aliphatic heterocycles. The summed E-state index contributed by atoms with van der Waals surface area (Å²) in [5.41, 5.74) is 1.25. The van der Waals surface area contributed by atoms with Crippen LogP contribution in [-0.4, -0.2) is 49.4 Å². The van der Waals surface area contributed by atoms with Gasteiger partial charge in [-0.25, -0.2) is 0 Å². The lowest BCUT2D eigenvalue weighted by Gasteiger charge is -2.18. The molecule has 1 unspecified atom stereocenters. The molecule has 3 amide bonds. The first-order chi connectivity index (χ1) is 11.9. The van der Waals surface area contributed by atoms with E-state index in [9.17, 15) is 14.4 Å². The SMILES string of the molecule is COCC(=O)Nc1ccc(NC(=O)C2CC(=O)N(CC(C)C)C2)cc1. The van der Waals surface area contributed by atoms with E-state index in [4.69, 9.17) is 4.74 Å². The quantitative estimate of drug-likeness (QED) is 0.786. The number of anilines is 2. The molecule has 1 aromatic carbocycles. The van der Waals surface area contributed by atoms with Crippen LogP contribution in [0.5, 0.6) is 0 Å². The molecule has 1 saturated heterocycles. The van der Waals surface area contributed by atoms with Crippen LogP contribution in [0.1, 0.15) is 20.3 Å². The molecular weight excluding hydrogens is 322 g/mol.